The molecule has 2 N–H and O–H groups in total. The molecule has 1 amide bonds. The lowest BCUT2D eigenvalue weighted by atomic mass is 10.1. The molecule has 0 unspecified atom stereocenters. The maximum atomic E-state index is 11.9. The molecular formula is C19H28Cl2N2OS. The number of benzene rings is 1. The molecule has 1 aromatic carbocycles. The zero-order valence-electron chi connectivity index (χ0n) is 14.9. The monoisotopic (exact) mass is 402 g/mol. The van der Waals surface area contributed by atoms with E-state index in [1.807, 2.05) is 0 Å². The molecule has 3 nitrogen and oxygen atoms in total. The molecular weight excluding hydrogens is 375 g/mol. The Labute approximate surface area is 166 Å². The summed E-state index contributed by atoms with van der Waals surface area (Å²) >= 11 is 17.1. The number of hydrogen-bond acceptors (Lipinski definition) is 2. The number of unbranched alkanes of at least 4 members (excludes halogenated alkanes) is 8. The predicted molar refractivity (Wildman–Crippen MR) is 113 cm³/mol. The highest BCUT2D eigenvalue weighted by Crippen LogP contribution is 2.25. The van der Waals surface area contributed by atoms with E-state index in [-0.39, 0.29) is 11.0 Å². The summed E-state index contributed by atoms with van der Waals surface area (Å²) in [6.45, 7) is 2.23. The van der Waals surface area contributed by atoms with E-state index in [0.717, 1.165) is 12.8 Å². The number of hydrogen-bond donors (Lipinski definition) is 2. The van der Waals surface area contributed by atoms with Gasteiger partial charge in [-0.05, 0) is 36.8 Å². The average Bonchev–Trinajstić information content (AvgIpc) is 2.56. The molecule has 25 heavy (non-hydrogen) atoms. The topological polar surface area (TPSA) is 41.1 Å². The molecule has 0 atom stereocenters. The van der Waals surface area contributed by atoms with Gasteiger partial charge in [-0.15, -0.1) is 0 Å². The normalized spacial score (nSPS) is 10.5. The van der Waals surface area contributed by atoms with Gasteiger partial charge < -0.3 is 10.6 Å². The highest BCUT2D eigenvalue weighted by molar-refractivity contribution is 7.80. The van der Waals surface area contributed by atoms with Crippen LogP contribution in [0, 0.1) is 0 Å². The number of amides is 1. The Kier molecular flexibility index (Phi) is 11.9. The van der Waals surface area contributed by atoms with Crippen molar-refractivity contribution in [1.82, 2.24) is 5.32 Å². The van der Waals surface area contributed by atoms with Crippen LogP contribution >= 0.6 is 35.4 Å². The number of nitrogens with one attached hydrogen (secondary N) is 2. The van der Waals surface area contributed by atoms with E-state index < -0.39 is 0 Å². The second kappa shape index (κ2) is 13.4. The molecule has 0 bridgehead atoms. The first-order valence-corrected chi connectivity index (χ1v) is 10.2. The predicted octanol–water partition coefficient (Wildman–Crippen LogP) is 6.73. The third-order valence-corrected chi connectivity index (χ3v) is 4.71. The van der Waals surface area contributed by atoms with Crippen molar-refractivity contribution in [3.05, 3.63) is 28.2 Å². The minimum Gasteiger partial charge on any atom is -0.331 e. The minimum atomic E-state index is -0.0707. The van der Waals surface area contributed by atoms with Crippen molar-refractivity contribution >= 4 is 52.1 Å². The van der Waals surface area contributed by atoms with Crippen LogP contribution in [-0.4, -0.2) is 11.0 Å². The number of carbonyl (C=O) groups is 1. The van der Waals surface area contributed by atoms with E-state index in [4.69, 9.17) is 35.4 Å². The van der Waals surface area contributed by atoms with E-state index in [1.165, 1.54) is 44.9 Å². The molecule has 0 heterocycles. The summed E-state index contributed by atoms with van der Waals surface area (Å²) in [4.78, 5) is 11.9. The molecule has 1 aromatic rings. The lowest BCUT2D eigenvalue weighted by Crippen LogP contribution is -2.34. The zero-order valence-corrected chi connectivity index (χ0v) is 17.2. The summed E-state index contributed by atoms with van der Waals surface area (Å²) < 4.78 is 0. The summed E-state index contributed by atoms with van der Waals surface area (Å²) in [5.41, 5.74) is 0.586. The largest absolute Gasteiger partial charge is 0.331 e. The number of anilines is 1. The summed E-state index contributed by atoms with van der Waals surface area (Å²) in [6.07, 6.45) is 11.5. The molecule has 6 heteroatoms. The third-order valence-electron chi connectivity index (χ3n) is 3.94. The second-order valence-electron chi connectivity index (χ2n) is 6.20. The van der Waals surface area contributed by atoms with Gasteiger partial charge in [-0.1, -0.05) is 81.5 Å². The van der Waals surface area contributed by atoms with Crippen LogP contribution in [-0.2, 0) is 4.79 Å². The Hall–Kier alpha value is -0.840. The molecule has 0 fully saturated rings. The average molecular weight is 403 g/mol. The third kappa shape index (κ3) is 10.7. The molecule has 0 aromatic heterocycles. The van der Waals surface area contributed by atoms with Gasteiger partial charge in [0.15, 0.2) is 5.11 Å². The number of rotatable bonds is 11. The fourth-order valence-corrected chi connectivity index (χ4v) is 3.09. The number of carbonyl (C=O) groups excluding carboxylic acids is 1. The van der Waals surface area contributed by atoms with Crippen LogP contribution in [0.5, 0.6) is 0 Å². The Morgan fingerprint density at radius 2 is 1.60 bits per heavy atom. The first-order chi connectivity index (χ1) is 12.0. The van der Waals surface area contributed by atoms with Crippen LogP contribution in [0.1, 0.15) is 71.1 Å². The van der Waals surface area contributed by atoms with E-state index >= 15 is 0 Å². The summed E-state index contributed by atoms with van der Waals surface area (Å²) in [6, 6.07) is 5.04. The van der Waals surface area contributed by atoms with Gasteiger partial charge >= 0.3 is 0 Å². The molecule has 0 radical (unpaired) electrons. The Bertz CT molecular complexity index is 552. The standard InChI is InChI=1S/C19H28Cl2N2OS/c1-2-3-4-5-6-7-8-9-10-11-18(24)23-19(25)22-17-14-15(20)12-13-16(17)21/h12-14H,2-11H2,1H3,(H2,22,23,24,25). The fourth-order valence-electron chi connectivity index (χ4n) is 2.53. The molecule has 0 aliphatic heterocycles. The van der Waals surface area contributed by atoms with Gasteiger partial charge in [-0.25, -0.2) is 0 Å². The van der Waals surface area contributed by atoms with Gasteiger partial charge in [0.1, 0.15) is 0 Å². The van der Waals surface area contributed by atoms with Crippen LogP contribution in [0.2, 0.25) is 10.0 Å². The van der Waals surface area contributed by atoms with Crippen molar-refractivity contribution in [3.63, 3.8) is 0 Å². The van der Waals surface area contributed by atoms with Crippen molar-refractivity contribution in [3.8, 4) is 0 Å². The zero-order chi connectivity index (χ0) is 18.5. The maximum absolute atomic E-state index is 11.9. The van der Waals surface area contributed by atoms with Gasteiger partial charge in [0, 0.05) is 11.4 Å². The van der Waals surface area contributed by atoms with Gasteiger partial charge in [0.05, 0.1) is 10.7 Å². The molecule has 140 valence electrons. The maximum Gasteiger partial charge on any atom is 0.226 e. The van der Waals surface area contributed by atoms with Gasteiger partial charge in [0.2, 0.25) is 5.91 Å². The highest BCUT2D eigenvalue weighted by Gasteiger charge is 2.07. The first kappa shape index (κ1) is 22.2. The van der Waals surface area contributed by atoms with E-state index in [2.05, 4.69) is 17.6 Å². The minimum absolute atomic E-state index is 0.0707. The number of halogens is 2. The Balaban J connectivity index is 2.11. The fraction of sp³-hybridized carbons (Fsp3) is 0.579. The molecule has 0 aliphatic rings. The quantitative estimate of drug-likeness (QED) is 0.318. The van der Waals surface area contributed by atoms with E-state index in [0.29, 0.717) is 22.2 Å². The SMILES string of the molecule is CCCCCCCCCCCC(=O)NC(=S)Nc1cc(Cl)ccc1Cl. The number of thiocarbonyl (C=S) groups is 1. The smallest absolute Gasteiger partial charge is 0.226 e. The van der Waals surface area contributed by atoms with Gasteiger partial charge in [-0.3, -0.25) is 4.79 Å². The first-order valence-electron chi connectivity index (χ1n) is 9.08. The highest BCUT2D eigenvalue weighted by atomic mass is 35.5. The summed E-state index contributed by atoms with van der Waals surface area (Å²) in [5, 5.41) is 6.87. The molecule has 1 rings (SSSR count). The molecule has 0 saturated carbocycles. The Morgan fingerprint density at radius 1 is 1.00 bits per heavy atom. The van der Waals surface area contributed by atoms with Crippen molar-refractivity contribution in [2.75, 3.05) is 5.32 Å². The van der Waals surface area contributed by atoms with Gasteiger partial charge in [0.25, 0.3) is 0 Å². The van der Waals surface area contributed by atoms with Gasteiger partial charge in [-0.2, -0.15) is 0 Å². The lowest BCUT2D eigenvalue weighted by Gasteiger charge is -2.11. The molecule has 0 saturated heterocycles. The van der Waals surface area contributed by atoms with Crippen LogP contribution < -0.4 is 10.6 Å². The van der Waals surface area contributed by atoms with E-state index in [1.54, 1.807) is 18.2 Å². The Morgan fingerprint density at radius 3 is 2.24 bits per heavy atom. The van der Waals surface area contributed by atoms with E-state index in [9.17, 15) is 4.79 Å². The van der Waals surface area contributed by atoms with Crippen molar-refractivity contribution < 1.29 is 4.79 Å². The molecule has 0 aliphatic carbocycles. The van der Waals surface area contributed by atoms with Crippen LogP contribution in [0.3, 0.4) is 0 Å². The summed E-state index contributed by atoms with van der Waals surface area (Å²) in [5.74, 6) is -0.0707. The van der Waals surface area contributed by atoms with Crippen molar-refractivity contribution in [1.29, 1.82) is 0 Å². The van der Waals surface area contributed by atoms with Crippen molar-refractivity contribution in [2.45, 2.75) is 71.1 Å². The summed E-state index contributed by atoms with van der Waals surface area (Å²) in [7, 11) is 0. The van der Waals surface area contributed by atoms with Crippen LogP contribution in [0.25, 0.3) is 0 Å². The molecule has 0 spiro atoms. The van der Waals surface area contributed by atoms with Crippen LogP contribution in [0.4, 0.5) is 5.69 Å². The van der Waals surface area contributed by atoms with Crippen LogP contribution in [0.15, 0.2) is 18.2 Å². The lowest BCUT2D eigenvalue weighted by molar-refractivity contribution is -0.119. The van der Waals surface area contributed by atoms with Crippen molar-refractivity contribution in [2.24, 2.45) is 0 Å². The second-order valence-corrected chi connectivity index (χ2v) is 7.46.